The van der Waals surface area contributed by atoms with Crippen molar-refractivity contribution in [3.8, 4) is 5.88 Å². The Morgan fingerprint density at radius 2 is 2.00 bits per heavy atom. The number of nitrogens with two attached hydrogens (primary N) is 1. The minimum absolute atomic E-state index is 0.118. The Bertz CT molecular complexity index is 503. The molecule has 0 atom stereocenters. The molecule has 0 aliphatic carbocycles. The maximum Gasteiger partial charge on any atom is 0.225 e. The Morgan fingerprint density at radius 1 is 1.35 bits per heavy atom. The Balaban J connectivity index is 2.21. The Morgan fingerprint density at radius 3 is 2.59 bits per heavy atom. The van der Waals surface area contributed by atoms with Crippen molar-refractivity contribution in [1.29, 1.82) is 0 Å². The van der Waals surface area contributed by atoms with E-state index in [1.807, 2.05) is 4.90 Å². The molecule has 1 saturated heterocycles. The van der Waals surface area contributed by atoms with Gasteiger partial charge in [0.1, 0.15) is 5.82 Å². The van der Waals surface area contributed by atoms with Gasteiger partial charge in [-0.05, 0) is 0 Å². The van der Waals surface area contributed by atoms with Crippen LogP contribution in [0.4, 0.5) is 11.8 Å². The van der Waals surface area contributed by atoms with Crippen molar-refractivity contribution in [2.24, 2.45) is 0 Å². The van der Waals surface area contributed by atoms with E-state index in [1.54, 1.807) is 6.07 Å². The van der Waals surface area contributed by atoms with Gasteiger partial charge in [-0.15, -0.1) is 0 Å². The lowest BCUT2D eigenvalue weighted by atomic mass is 10.4. The molecule has 2 rings (SSSR count). The second-order valence-corrected chi connectivity index (χ2v) is 6.07. The molecule has 17 heavy (non-hydrogen) atoms. The number of methoxy groups -OCH3 is 1. The maximum absolute atomic E-state index is 11.3. The molecule has 0 unspecified atom stereocenters. The minimum atomic E-state index is -2.90. The zero-order valence-electron chi connectivity index (χ0n) is 9.46. The molecule has 1 aromatic heterocycles. The normalized spacial score (nSPS) is 19.0. The van der Waals surface area contributed by atoms with Crippen LogP contribution in [0.1, 0.15) is 0 Å². The lowest BCUT2D eigenvalue weighted by molar-refractivity contribution is 0.397. The van der Waals surface area contributed by atoms with Gasteiger partial charge >= 0.3 is 0 Å². The molecule has 1 aliphatic heterocycles. The average Bonchev–Trinajstić information content (AvgIpc) is 2.28. The predicted octanol–water partition coefficient (Wildman–Crippen LogP) is -0.698. The quantitative estimate of drug-likeness (QED) is 0.749. The molecule has 0 bridgehead atoms. The molecule has 1 aliphatic rings. The zero-order valence-corrected chi connectivity index (χ0v) is 10.3. The summed E-state index contributed by atoms with van der Waals surface area (Å²) in [5, 5.41) is 0. The summed E-state index contributed by atoms with van der Waals surface area (Å²) in [4.78, 5) is 9.81. The predicted molar refractivity (Wildman–Crippen MR) is 63.9 cm³/mol. The molecule has 0 spiro atoms. The fourth-order valence-electron chi connectivity index (χ4n) is 1.64. The molecule has 1 fully saturated rings. The molecule has 8 heteroatoms. The number of nitrogens with zero attached hydrogens (tertiary/aromatic N) is 3. The molecule has 0 amide bonds. The van der Waals surface area contributed by atoms with Crippen LogP contribution in [0.2, 0.25) is 0 Å². The maximum atomic E-state index is 11.3. The van der Waals surface area contributed by atoms with Crippen LogP contribution in [0, 0.1) is 0 Å². The highest BCUT2D eigenvalue weighted by Crippen LogP contribution is 2.20. The van der Waals surface area contributed by atoms with E-state index in [9.17, 15) is 8.42 Å². The van der Waals surface area contributed by atoms with Crippen LogP contribution in [0.15, 0.2) is 6.07 Å². The number of hydrogen-bond donors (Lipinski definition) is 1. The number of ether oxygens (including phenoxy) is 1. The molecule has 2 heterocycles. The van der Waals surface area contributed by atoms with Crippen LogP contribution in [0.25, 0.3) is 0 Å². The summed E-state index contributed by atoms with van der Waals surface area (Å²) in [6.07, 6.45) is 0. The molecule has 0 aromatic carbocycles. The summed E-state index contributed by atoms with van der Waals surface area (Å²) in [6.45, 7) is 0.837. The topological polar surface area (TPSA) is 98.4 Å². The highest BCUT2D eigenvalue weighted by molar-refractivity contribution is 7.91. The first kappa shape index (κ1) is 11.9. The fourth-order valence-corrected chi connectivity index (χ4v) is 2.84. The van der Waals surface area contributed by atoms with Crippen molar-refractivity contribution in [3.05, 3.63) is 6.07 Å². The lowest BCUT2D eigenvalue weighted by Gasteiger charge is -2.27. The van der Waals surface area contributed by atoms with Crippen LogP contribution in [0.3, 0.4) is 0 Å². The fraction of sp³-hybridized carbons (Fsp3) is 0.556. The molecular formula is C9H14N4O3S. The monoisotopic (exact) mass is 258 g/mol. The standard InChI is InChI=1S/C9H14N4O3S/c1-16-8-6-7(11-9(10)12-8)13-2-4-17(14,15)5-3-13/h6H,2-5H2,1H3,(H2,10,11,12). The smallest absolute Gasteiger partial charge is 0.225 e. The van der Waals surface area contributed by atoms with E-state index in [2.05, 4.69) is 9.97 Å². The van der Waals surface area contributed by atoms with Gasteiger partial charge in [-0.1, -0.05) is 0 Å². The van der Waals surface area contributed by atoms with Crippen LogP contribution in [0.5, 0.6) is 5.88 Å². The number of aromatic nitrogens is 2. The number of nitrogen functional groups attached to an aromatic ring is 1. The summed E-state index contributed by atoms with van der Waals surface area (Å²) in [5.74, 6) is 1.37. The minimum Gasteiger partial charge on any atom is -0.481 e. The second kappa shape index (κ2) is 4.36. The van der Waals surface area contributed by atoms with Crippen molar-refractivity contribution in [2.45, 2.75) is 0 Å². The second-order valence-electron chi connectivity index (χ2n) is 3.77. The van der Waals surface area contributed by atoms with Gasteiger partial charge in [-0.25, -0.2) is 8.42 Å². The van der Waals surface area contributed by atoms with Gasteiger partial charge in [0.25, 0.3) is 0 Å². The van der Waals surface area contributed by atoms with Crippen LogP contribution < -0.4 is 15.4 Å². The molecule has 7 nitrogen and oxygen atoms in total. The SMILES string of the molecule is COc1cc(N2CCS(=O)(=O)CC2)nc(N)n1. The highest BCUT2D eigenvalue weighted by Gasteiger charge is 2.23. The van der Waals surface area contributed by atoms with E-state index in [1.165, 1.54) is 7.11 Å². The summed E-state index contributed by atoms with van der Waals surface area (Å²) in [7, 11) is -1.40. The Hall–Kier alpha value is -1.57. The molecule has 0 radical (unpaired) electrons. The molecule has 0 saturated carbocycles. The van der Waals surface area contributed by atoms with Crippen LogP contribution in [-0.4, -0.2) is 50.1 Å². The third-order valence-corrected chi connectivity index (χ3v) is 4.19. The van der Waals surface area contributed by atoms with Gasteiger partial charge in [-0.2, -0.15) is 9.97 Å². The van der Waals surface area contributed by atoms with E-state index in [4.69, 9.17) is 10.5 Å². The first-order chi connectivity index (χ1) is 8.00. The third kappa shape index (κ3) is 2.76. The van der Waals surface area contributed by atoms with E-state index >= 15 is 0 Å². The molecule has 2 N–H and O–H groups in total. The Kier molecular flexibility index (Phi) is 3.05. The lowest BCUT2D eigenvalue weighted by Crippen LogP contribution is -2.40. The van der Waals surface area contributed by atoms with Crippen molar-refractivity contribution in [2.75, 3.05) is 42.3 Å². The third-order valence-electron chi connectivity index (χ3n) is 2.58. The van der Waals surface area contributed by atoms with Gasteiger partial charge in [-0.3, -0.25) is 0 Å². The average molecular weight is 258 g/mol. The summed E-state index contributed by atoms with van der Waals surface area (Å²) in [6, 6.07) is 1.65. The van der Waals surface area contributed by atoms with Crippen LogP contribution in [-0.2, 0) is 9.84 Å². The largest absolute Gasteiger partial charge is 0.481 e. The van der Waals surface area contributed by atoms with Crippen LogP contribution >= 0.6 is 0 Å². The van der Waals surface area contributed by atoms with E-state index < -0.39 is 9.84 Å². The molecule has 94 valence electrons. The van der Waals surface area contributed by atoms with Gasteiger partial charge in [0.2, 0.25) is 11.8 Å². The van der Waals surface area contributed by atoms with Gasteiger partial charge in [0.05, 0.1) is 18.6 Å². The first-order valence-corrected chi connectivity index (χ1v) is 6.96. The summed E-state index contributed by atoms with van der Waals surface area (Å²) in [5.41, 5.74) is 5.55. The number of hydrogen-bond acceptors (Lipinski definition) is 7. The number of sulfone groups is 1. The van der Waals surface area contributed by atoms with Crippen molar-refractivity contribution >= 4 is 21.6 Å². The Labute approximate surface area is 99.5 Å². The van der Waals surface area contributed by atoms with E-state index in [-0.39, 0.29) is 17.5 Å². The molecule has 1 aromatic rings. The number of rotatable bonds is 2. The summed E-state index contributed by atoms with van der Waals surface area (Å²) < 4.78 is 27.6. The summed E-state index contributed by atoms with van der Waals surface area (Å²) >= 11 is 0. The first-order valence-electron chi connectivity index (χ1n) is 5.14. The highest BCUT2D eigenvalue weighted by atomic mass is 32.2. The van der Waals surface area contributed by atoms with Gasteiger partial charge in [0, 0.05) is 19.2 Å². The zero-order chi connectivity index (χ0) is 12.5. The van der Waals surface area contributed by atoms with Gasteiger partial charge < -0.3 is 15.4 Å². The number of anilines is 2. The molecular weight excluding hydrogens is 244 g/mol. The van der Waals surface area contributed by atoms with Crippen molar-refractivity contribution in [3.63, 3.8) is 0 Å². The van der Waals surface area contributed by atoms with Crippen molar-refractivity contribution < 1.29 is 13.2 Å². The van der Waals surface area contributed by atoms with E-state index in [0.29, 0.717) is 24.8 Å². The van der Waals surface area contributed by atoms with Crippen molar-refractivity contribution in [1.82, 2.24) is 9.97 Å². The van der Waals surface area contributed by atoms with E-state index in [0.717, 1.165) is 0 Å². The van der Waals surface area contributed by atoms with Gasteiger partial charge in [0.15, 0.2) is 9.84 Å².